The summed E-state index contributed by atoms with van der Waals surface area (Å²) in [7, 11) is 0. The first-order chi connectivity index (χ1) is 16.8. The standard InChI is InChI=1S/C26H27F2N3O4/c27-26(28)15-30(16-26)12-17-8-10-18(11-9-17)14-35-22-6-3-4-19-20(22)13-31(25(19)34)21-5-1-2-7-23(32)29-24(21)33/h3-4,6,8-11,21H,1-2,5,7,12-16H2,(H,29,32,33). The highest BCUT2D eigenvalue weighted by atomic mass is 19.3. The summed E-state index contributed by atoms with van der Waals surface area (Å²) in [5.41, 5.74) is 3.11. The quantitative estimate of drug-likeness (QED) is 0.639. The van der Waals surface area contributed by atoms with Gasteiger partial charge >= 0.3 is 0 Å². The van der Waals surface area contributed by atoms with Crippen molar-refractivity contribution in [3.8, 4) is 5.75 Å². The van der Waals surface area contributed by atoms with Crippen LogP contribution >= 0.6 is 0 Å². The highest BCUT2D eigenvalue weighted by Gasteiger charge is 2.43. The summed E-state index contributed by atoms with van der Waals surface area (Å²) in [5.74, 6) is -2.97. The lowest BCUT2D eigenvalue weighted by molar-refractivity contribution is -0.134. The molecule has 0 aliphatic carbocycles. The number of benzene rings is 2. The van der Waals surface area contributed by atoms with E-state index in [4.69, 9.17) is 4.74 Å². The zero-order valence-corrected chi connectivity index (χ0v) is 19.3. The minimum atomic E-state index is -2.57. The van der Waals surface area contributed by atoms with Crippen molar-refractivity contribution in [3.63, 3.8) is 0 Å². The average molecular weight is 484 g/mol. The van der Waals surface area contributed by atoms with E-state index >= 15 is 0 Å². The number of alkyl halides is 2. The minimum absolute atomic E-state index is 0.203. The van der Waals surface area contributed by atoms with Gasteiger partial charge in [-0.3, -0.25) is 24.6 Å². The van der Waals surface area contributed by atoms with Gasteiger partial charge in [-0.25, -0.2) is 8.78 Å². The summed E-state index contributed by atoms with van der Waals surface area (Å²) in [4.78, 5) is 40.7. The van der Waals surface area contributed by atoms with Crippen molar-refractivity contribution in [2.75, 3.05) is 13.1 Å². The van der Waals surface area contributed by atoms with Gasteiger partial charge in [0.05, 0.1) is 19.6 Å². The molecule has 5 rings (SSSR count). The Hall–Kier alpha value is -3.33. The highest BCUT2D eigenvalue weighted by molar-refractivity contribution is 6.04. The number of amides is 3. The molecule has 2 aromatic rings. The molecule has 3 amide bonds. The Labute approximate surface area is 202 Å². The lowest BCUT2D eigenvalue weighted by atomic mass is 10.0. The number of rotatable bonds is 6. The second kappa shape index (κ2) is 9.37. The molecule has 1 N–H and O–H groups in total. The van der Waals surface area contributed by atoms with Crippen LogP contribution in [0.2, 0.25) is 0 Å². The third-order valence-corrected chi connectivity index (χ3v) is 6.76. The molecular weight excluding hydrogens is 456 g/mol. The van der Waals surface area contributed by atoms with Gasteiger partial charge in [-0.05, 0) is 36.1 Å². The van der Waals surface area contributed by atoms with E-state index < -0.39 is 17.9 Å². The Morgan fingerprint density at radius 3 is 2.49 bits per heavy atom. The number of fused-ring (bicyclic) bond motifs is 1. The maximum absolute atomic E-state index is 13.1. The van der Waals surface area contributed by atoms with E-state index in [1.807, 2.05) is 24.3 Å². The number of hydrogen-bond acceptors (Lipinski definition) is 5. The zero-order valence-electron chi connectivity index (χ0n) is 19.3. The van der Waals surface area contributed by atoms with E-state index in [1.165, 1.54) is 4.90 Å². The molecule has 0 bridgehead atoms. The van der Waals surface area contributed by atoms with E-state index in [0.717, 1.165) is 16.7 Å². The smallest absolute Gasteiger partial charge is 0.272 e. The van der Waals surface area contributed by atoms with Crippen LogP contribution in [0.25, 0.3) is 0 Å². The molecule has 1 unspecified atom stereocenters. The third-order valence-electron chi connectivity index (χ3n) is 6.76. The van der Waals surface area contributed by atoms with Crippen LogP contribution in [-0.4, -0.2) is 52.6 Å². The summed E-state index contributed by atoms with van der Waals surface area (Å²) < 4.78 is 32.1. The van der Waals surface area contributed by atoms with E-state index in [-0.39, 0.29) is 38.1 Å². The number of imide groups is 1. The largest absolute Gasteiger partial charge is 0.489 e. The van der Waals surface area contributed by atoms with Gasteiger partial charge in [0.25, 0.3) is 11.8 Å². The molecule has 0 spiro atoms. The molecule has 1 atom stereocenters. The second-order valence-electron chi connectivity index (χ2n) is 9.50. The van der Waals surface area contributed by atoms with Crippen LogP contribution in [0.4, 0.5) is 8.78 Å². The van der Waals surface area contributed by atoms with Crippen LogP contribution in [0.3, 0.4) is 0 Å². The SMILES string of the molecule is O=C1CCCCC(N2Cc3c(OCc4ccc(CN5CC(F)(F)C5)cc4)cccc3C2=O)C(=O)N1. The van der Waals surface area contributed by atoms with Crippen LogP contribution < -0.4 is 10.1 Å². The van der Waals surface area contributed by atoms with Crippen molar-refractivity contribution < 1.29 is 27.9 Å². The predicted octanol–water partition coefficient (Wildman–Crippen LogP) is 3.26. The molecule has 0 aromatic heterocycles. The predicted molar refractivity (Wildman–Crippen MR) is 123 cm³/mol. The fourth-order valence-corrected chi connectivity index (χ4v) is 4.93. The monoisotopic (exact) mass is 483 g/mol. The van der Waals surface area contributed by atoms with Gasteiger partial charge in [-0.15, -0.1) is 0 Å². The number of nitrogens with one attached hydrogen (secondary N) is 1. The Morgan fingerprint density at radius 1 is 1.00 bits per heavy atom. The molecule has 3 heterocycles. The van der Waals surface area contributed by atoms with Crippen LogP contribution in [0.5, 0.6) is 5.75 Å². The molecule has 2 aromatic carbocycles. The normalized spacial score (nSPS) is 22.2. The minimum Gasteiger partial charge on any atom is -0.489 e. The molecule has 184 valence electrons. The van der Waals surface area contributed by atoms with E-state index in [1.54, 1.807) is 23.1 Å². The Balaban J connectivity index is 1.23. The molecule has 35 heavy (non-hydrogen) atoms. The lowest BCUT2D eigenvalue weighted by Gasteiger charge is -2.38. The van der Waals surface area contributed by atoms with Crippen molar-refractivity contribution in [1.29, 1.82) is 0 Å². The van der Waals surface area contributed by atoms with Crippen molar-refractivity contribution in [1.82, 2.24) is 15.1 Å². The van der Waals surface area contributed by atoms with Gasteiger partial charge < -0.3 is 9.64 Å². The van der Waals surface area contributed by atoms with Gasteiger partial charge in [0.15, 0.2) is 0 Å². The summed E-state index contributed by atoms with van der Waals surface area (Å²) in [5, 5.41) is 2.40. The van der Waals surface area contributed by atoms with Gasteiger partial charge in [-0.2, -0.15) is 0 Å². The number of carbonyl (C=O) groups is 3. The molecule has 3 aliphatic rings. The van der Waals surface area contributed by atoms with Gasteiger partial charge in [-0.1, -0.05) is 36.8 Å². The number of ether oxygens (including phenoxy) is 1. The van der Waals surface area contributed by atoms with Gasteiger partial charge in [0.2, 0.25) is 11.8 Å². The molecule has 2 fully saturated rings. The maximum atomic E-state index is 13.1. The number of likely N-dealkylation sites (tertiary alicyclic amines) is 1. The molecule has 9 heteroatoms. The molecule has 7 nitrogen and oxygen atoms in total. The fourth-order valence-electron chi connectivity index (χ4n) is 4.93. The van der Waals surface area contributed by atoms with Crippen molar-refractivity contribution >= 4 is 17.7 Å². The van der Waals surface area contributed by atoms with Crippen LogP contribution in [0.1, 0.15) is 52.7 Å². The van der Waals surface area contributed by atoms with Crippen molar-refractivity contribution in [2.24, 2.45) is 0 Å². The van der Waals surface area contributed by atoms with Crippen LogP contribution in [0.15, 0.2) is 42.5 Å². The Morgan fingerprint density at radius 2 is 1.74 bits per heavy atom. The second-order valence-corrected chi connectivity index (χ2v) is 9.50. The maximum Gasteiger partial charge on any atom is 0.272 e. The fraction of sp³-hybridized carbons (Fsp3) is 0.423. The summed E-state index contributed by atoms with van der Waals surface area (Å²) in [6.07, 6.45) is 2.21. The Kier molecular flexibility index (Phi) is 6.27. The van der Waals surface area contributed by atoms with Crippen molar-refractivity contribution in [3.05, 3.63) is 64.7 Å². The molecule has 0 radical (unpaired) electrons. The van der Waals surface area contributed by atoms with Crippen LogP contribution in [0, 0.1) is 0 Å². The molecule has 0 saturated carbocycles. The van der Waals surface area contributed by atoms with E-state index in [9.17, 15) is 23.2 Å². The average Bonchev–Trinajstić information content (AvgIpc) is 3.13. The van der Waals surface area contributed by atoms with E-state index in [2.05, 4.69) is 5.32 Å². The summed E-state index contributed by atoms with van der Waals surface area (Å²) in [6.45, 7) is 0.611. The highest BCUT2D eigenvalue weighted by Crippen LogP contribution is 2.34. The molecular formula is C26H27F2N3O4. The zero-order chi connectivity index (χ0) is 24.6. The number of nitrogens with zero attached hydrogens (tertiary/aromatic N) is 2. The molecule has 3 aliphatic heterocycles. The topological polar surface area (TPSA) is 79.0 Å². The first-order valence-corrected chi connectivity index (χ1v) is 11.9. The first kappa shape index (κ1) is 23.4. The summed E-state index contributed by atoms with van der Waals surface area (Å²) >= 11 is 0. The third kappa shape index (κ3) is 5.05. The first-order valence-electron chi connectivity index (χ1n) is 11.9. The number of carbonyl (C=O) groups excluding carboxylic acids is 3. The lowest BCUT2D eigenvalue weighted by Crippen LogP contribution is -2.55. The number of hydrogen-bond donors (Lipinski definition) is 1. The Bertz CT molecular complexity index is 1140. The van der Waals surface area contributed by atoms with Gasteiger partial charge in [0, 0.05) is 24.1 Å². The van der Waals surface area contributed by atoms with Gasteiger partial charge in [0.1, 0.15) is 18.4 Å². The molecule has 2 saturated heterocycles. The van der Waals surface area contributed by atoms with E-state index in [0.29, 0.717) is 43.5 Å². The summed E-state index contributed by atoms with van der Waals surface area (Å²) in [6, 6.07) is 12.2. The number of halogens is 2. The van der Waals surface area contributed by atoms with Crippen molar-refractivity contribution in [2.45, 2.75) is 57.3 Å². The van der Waals surface area contributed by atoms with Crippen LogP contribution in [-0.2, 0) is 29.3 Å².